The summed E-state index contributed by atoms with van der Waals surface area (Å²) in [5, 5.41) is 5.44. The normalized spacial score (nSPS) is 23.2. The molecule has 1 fully saturated rings. The second kappa shape index (κ2) is 5.73. The molecule has 1 aliphatic rings. The van der Waals surface area contributed by atoms with Gasteiger partial charge in [-0.1, -0.05) is 6.92 Å². The van der Waals surface area contributed by atoms with Crippen LogP contribution in [0.4, 0.5) is 5.82 Å². The molecule has 0 radical (unpaired) electrons. The standard InChI is InChI=1S/C14H19N3S3/c1-7-8(2)20-14-10(7)12(15-4)16-13(17-14)11-9(3)18-5-6-19-11/h9,11H,5-6H2,1-4H3,(H,15,16,17). The van der Waals surface area contributed by atoms with Crippen LogP contribution in [-0.4, -0.2) is 33.8 Å². The lowest BCUT2D eigenvalue weighted by Crippen LogP contribution is -2.18. The highest BCUT2D eigenvalue weighted by molar-refractivity contribution is 8.06. The smallest absolute Gasteiger partial charge is 0.146 e. The number of hydrogen-bond donors (Lipinski definition) is 1. The molecule has 2 aromatic heterocycles. The zero-order valence-electron chi connectivity index (χ0n) is 12.2. The lowest BCUT2D eigenvalue weighted by Gasteiger charge is -2.26. The van der Waals surface area contributed by atoms with Crippen molar-refractivity contribution >= 4 is 50.9 Å². The lowest BCUT2D eigenvalue weighted by atomic mass is 10.2. The van der Waals surface area contributed by atoms with Crippen molar-refractivity contribution in [3.8, 4) is 0 Å². The summed E-state index contributed by atoms with van der Waals surface area (Å²) in [6, 6.07) is 0. The molecule has 1 N–H and O–H groups in total. The van der Waals surface area contributed by atoms with E-state index in [9.17, 15) is 0 Å². The van der Waals surface area contributed by atoms with E-state index >= 15 is 0 Å². The zero-order chi connectivity index (χ0) is 14.3. The summed E-state index contributed by atoms with van der Waals surface area (Å²) < 4.78 is 0. The van der Waals surface area contributed by atoms with Gasteiger partial charge in [-0.15, -0.1) is 23.1 Å². The van der Waals surface area contributed by atoms with E-state index in [2.05, 4.69) is 26.1 Å². The summed E-state index contributed by atoms with van der Waals surface area (Å²) in [5.74, 6) is 4.40. The number of aromatic nitrogens is 2. The highest BCUT2D eigenvalue weighted by atomic mass is 32.2. The molecule has 0 aromatic carbocycles. The van der Waals surface area contributed by atoms with Gasteiger partial charge in [0.2, 0.25) is 0 Å². The first-order valence-electron chi connectivity index (χ1n) is 6.80. The minimum atomic E-state index is 0.410. The Kier molecular flexibility index (Phi) is 4.15. The molecule has 1 saturated heterocycles. The van der Waals surface area contributed by atoms with Gasteiger partial charge in [-0.2, -0.15) is 11.8 Å². The van der Waals surface area contributed by atoms with Gasteiger partial charge in [0.25, 0.3) is 0 Å². The molecule has 2 aromatic rings. The number of anilines is 1. The Morgan fingerprint density at radius 1 is 1.15 bits per heavy atom. The number of nitrogens with one attached hydrogen (secondary N) is 1. The molecule has 2 atom stereocenters. The van der Waals surface area contributed by atoms with Crippen LogP contribution in [-0.2, 0) is 0 Å². The van der Waals surface area contributed by atoms with E-state index in [4.69, 9.17) is 9.97 Å². The summed E-state index contributed by atoms with van der Waals surface area (Å²) >= 11 is 5.81. The monoisotopic (exact) mass is 325 g/mol. The summed E-state index contributed by atoms with van der Waals surface area (Å²) in [6.07, 6.45) is 0. The van der Waals surface area contributed by atoms with Crippen molar-refractivity contribution in [3.63, 3.8) is 0 Å². The second-order valence-electron chi connectivity index (χ2n) is 5.01. The molecule has 0 bridgehead atoms. The number of hydrogen-bond acceptors (Lipinski definition) is 6. The van der Waals surface area contributed by atoms with Crippen LogP contribution in [0.1, 0.15) is 28.4 Å². The van der Waals surface area contributed by atoms with Gasteiger partial charge >= 0.3 is 0 Å². The Morgan fingerprint density at radius 2 is 1.90 bits per heavy atom. The van der Waals surface area contributed by atoms with Crippen molar-refractivity contribution < 1.29 is 0 Å². The van der Waals surface area contributed by atoms with Crippen LogP contribution >= 0.6 is 34.9 Å². The number of aryl methyl sites for hydroxylation is 2. The van der Waals surface area contributed by atoms with E-state index in [-0.39, 0.29) is 0 Å². The van der Waals surface area contributed by atoms with Crippen LogP contribution in [0.3, 0.4) is 0 Å². The van der Waals surface area contributed by atoms with Crippen LogP contribution in [0.5, 0.6) is 0 Å². The van der Waals surface area contributed by atoms with Crippen LogP contribution in [0.25, 0.3) is 10.2 Å². The molecule has 0 spiro atoms. The summed E-state index contributed by atoms with van der Waals surface area (Å²) in [5.41, 5.74) is 1.31. The number of nitrogens with zero attached hydrogens (tertiary/aromatic N) is 2. The van der Waals surface area contributed by atoms with Crippen molar-refractivity contribution in [2.24, 2.45) is 0 Å². The first kappa shape index (κ1) is 14.5. The molecular formula is C14H19N3S3. The van der Waals surface area contributed by atoms with E-state index in [1.165, 1.54) is 27.3 Å². The fourth-order valence-electron chi connectivity index (χ4n) is 2.49. The van der Waals surface area contributed by atoms with E-state index in [0.29, 0.717) is 10.5 Å². The van der Waals surface area contributed by atoms with Crippen molar-refractivity contribution in [1.29, 1.82) is 0 Å². The average Bonchev–Trinajstić information content (AvgIpc) is 2.73. The van der Waals surface area contributed by atoms with Crippen molar-refractivity contribution in [2.75, 3.05) is 23.9 Å². The third kappa shape index (κ3) is 2.42. The molecular weight excluding hydrogens is 306 g/mol. The molecule has 1 aliphatic heterocycles. The maximum absolute atomic E-state index is 4.87. The first-order chi connectivity index (χ1) is 9.61. The molecule has 2 unspecified atom stereocenters. The third-order valence-electron chi connectivity index (χ3n) is 3.73. The Labute approximate surface area is 132 Å². The molecule has 0 saturated carbocycles. The third-order valence-corrected chi connectivity index (χ3v) is 7.91. The van der Waals surface area contributed by atoms with Crippen LogP contribution in [0.2, 0.25) is 0 Å². The van der Waals surface area contributed by atoms with Gasteiger partial charge in [0.15, 0.2) is 0 Å². The molecule has 3 heterocycles. The lowest BCUT2D eigenvalue weighted by molar-refractivity contribution is 0.835. The van der Waals surface area contributed by atoms with Gasteiger partial charge in [-0.25, -0.2) is 9.97 Å². The van der Waals surface area contributed by atoms with Crippen LogP contribution in [0, 0.1) is 13.8 Å². The Balaban J connectivity index is 2.13. The van der Waals surface area contributed by atoms with Gasteiger partial charge in [-0.05, 0) is 19.4 Å². The quantitative estimate of drug-likeness (QED) is 0.893. The Morgan fingerprint density at radius 3 is 2.60 bits per heavy atom. The Bertz CT molecular complexity index is 638. The SMILES string of the molecule is CNc1nc(C2SCCSC2C)nc2sc(C)c(C)c12. The zero-order valence-corrected chi connectivity index (χ0v) is 14.6. The molecule has 6 heteroatoms. The molecule has 20 heavy (non-hydrogen) atoms. The van der Waals surface area contributed by atoms with Gasteiger partial charge in [0, 0.05) is 28.7 Å². The molecule has 3 rings (SSSR count). The summed E-state index contributed by atoms with van der Waals surface area (Å²) in [6.45, 7) is 6.61. The largest absolute Gasteiger partial charge is 0.372 e. The number of rotatable bonds is 2. The Hall–Kier alpha value is -0.460. The fourth-order valence-corrected chi connectivity index (χ4v) is 6.22. The second-order valence-corrected chi connectivity index (χ2v) is 8.95. The van der Waals surface area contributed by atoms with Gasteiger partial charge in [0.1, 0.15) is 16.5 Å². The van der Waals surface area contributed by atoms with E-state index in [0.717, 1.165) is 16.5 Å². The molecule has 108 valence electrons. The maximum atomic E-state index is 4.87. The maximum Gasteiger partial charge on any atom is 0.146 e. The van der Waals surface area contributed by atoms with Gasteiger partial charge in [-0.3, -0.25) is 0 Å². The summed E-state index contributed by atoms with van der Waals surface area (Å²) in [7, 11) is 1.95. The summed E-state index contributed by atoms with van der Waals surface area (Å²) in [4.78, 5) is 12.1. The van der Waals surface area contributed by atoms with E-state index in [1.807, 2.05) is 30.6 Å². The minimum Gasteiger partial charge on any atom is -0.372 e. The molecule has 0 amide bonds. The van der Waals surface area contributed by atoms with Crippen molar-refractivity contribution in [1.82, 2.24) is 9.97 Å². The van der Waals surface area contributed by atoms with Gasteiger partial charge in [0.05, 0.1) is 10.6 Å². The van der Waals surface area contributed by atoms with E-state index < -0.39 is 0 Å². The highest BCUT2D eigenvalue weighted by Crippen LogP contribution is 2.43. The minimum absolute atomic E-state index is 0.410. The van der Waals surface area contributed by atoms with Crippen molar-refractivity contribution in [2.45, 2.75) is 31.3 Å². The molecule has 3 nitrogen and oxygen atoms in total. The fraction of sp³-hybridized carbons (Fsp3) is 0.571. The highest BCUT2D eigenvalue weighted by Gasteiger charge is 2.28. The predicted octanol–water partition coefficient (Wildman–Crippen LogP) is 4.26. The molecule has 0 aliphatic carbocycles. The average molecular weight is 326 g/mol. The van der Waals surface area contributed by atoms with Crippen LogP contribution in [0.15, 0.2) is 0 Å². The number of thioether (sulfide) groups is 2. The first-order valence-corrected chi connectivity index (χ1v) is 9.71. The number of thiophene rings is 1. The number of fused-ring (bicyclic) bond motifs is 1. The van der Waals surface area contributed by atoms with Crippen molar-refractivity contribution in [3.05, 3.63) is 16.3 Å². The van der Waals surface area contributed by atoms with Gasteiger partial charge < -0.3 is 5.32 Å². The topological polar surface area (TPSA) is 37.8 Å². The van der Waals surface area contributed by atoms with Crippen LogP contribution < -0.4 is 5.32 Å². The van der Waals surface area contributed by atoms with E-state index in [1.54, 1.807) is 11.3 Å². The predicted molar refractivity (Wildman–Crippen MR) is 93.6 cm³/mol.